The second-order valence-corrected chi connectivity index (χ2v) is 9.18. The monoisotopic (exact) mass is 371 g/mol. The number of hydrogen-bond donors (Lipinski definition) is 0. The van der Waals surface area contributed by atoms with Crippen molar-refractivity contribution in [2.45, 2.75) is 19.8 Å². The molecule has 0 radical (unpaired) electrons. The predicted octanol–water partition coefficient (Wildman–Crippen LogP) is 0.743. The van der Waals surface area contributed by atoms with Gasteiger partial charge in [0.05, 0.1) is 18.6 Å². The van der Waals surface area contributed by atoms with Crippen molar-refractivity contribution in [2.75, 3.05) is 46.2 Å². The van der Waals surface area contributed by atoms with Gasteiger partial charge in [0.15, 0.2) is 0 Å². The zero-order valence-electron chi connectivity index (χ0n) is 14.9. The molecule has 0 N–H and O–H groups in total. The lowest BCUT2D eigenvalue weighted by Crippen LogP contribution is -2.47. The van der Waals surface area contributed by atoms with E-state index in [9.17, 15) is 13.2 Å². The molecule has 1 atom stereocenters. The number of aryl methyl sites for hydroxylation is 1. The van der Waals surface area contributed by atoms with E-state index in [2.05, 4.69) is 5.16 Å². The zero-order valence-corrected chi connectivity index (χ0v) is 15.7. The Morgan fingerprint density at radius 1 is 1.44 bits per heavy atom. The number of hydrogen-bond acceptors (Lipinski definition) is 6. The highest BCUT2D eigenvalue weighted by Crippen LogP contribution is 2.45. The third-order valence-corrected chi connectivity index (χ3v) is 6.72. The Hall–Kier alpha value is -1.45. The number of amides is 1. The standard InChI is InChI=1S/C16H25N3O5S/c1-12-8-14(24-17-12)15(20)18-6-4-16(5-7-18)11-19(25(3,21)22)9-13(16)10-23-2/h8,13H,4-7,9-11H2,1-3H3. The lowest BCUT2D eigenvalue weighted by molar-refractivity contribution is 0.0307. The van der Waals surface area contributed by atoms with Gasteiger partial charge in [0.2, 0.25) is 15.8 Å². The first kappa shape index (κ1) is 18.3. The number of aromatic nitrogens is 1. The summed E-state index contributed by atoms with van der Waals surface area (Å²) in [6, 6.07) is 1.64. The van der Waals surface area contributed by atoms with E-state index in [1.807, 2.05) is 0 Å². The molecule has 2 aliphatic rings. The van der Waals surface area contributed by atoms with Crippen LogP contribution in [0.3, 0.4) is 0 Å². The molecular formula is C16H25N3O5S. The van der Waals surface area contributed by atoms with Crippen LogP contribution in [0.4, 0.5) is 0 Å². The number of carbonyl (C=O) groups is 1. The van der Waals surface area contributed by atoms with Gasteiger partial charge in [-0.15, -0.1) is 0 Å². The Morgan fingerprint density at radius 2 is 2.12 bits per heavy atom. The summed E-state index contributed by atoms with van der Waals surface area (Å²) in [6.45, 7) is 4.46. The van der Waals surface area contributed by atoms with E-state index in [0.717, 1.165) is 12.8 Å². The molecule has 9 heteroatoms. The first-order valence-electron chi connectivity index (χ1n) is 8.42. The van der Waals surface area contributed by atoms with Crippen molar-refractivity contribution in [1.29, 1.82) is 0 Å². The van der Waals surface area contributed by atoms with Gasteiger partial charge in [-0.1, -0.05) is 5.16 Å². The van der Waals surface area contributed by atoms with Gasteiger partial charge in [-0.25, -0.2) is 12.7 Å². The van der Waals surface area contributed by atoms with Gasteiger partial charge in [0, 0.05) is 45.3 Å². The molecule has 8 nitrogen and oxygen atoms in total. The fraction of sp³-hybridized carbons (Fsp3) is 0.750. The average molecular weight is 371 g/mol. The Bertz CT molecular complexity index is 737. The van der Waals surface area contributed by atoms with E-state index >= 15 is 0 Å². The fourth-order valence-electron chi connectivity index (χ4n) is 4.01. The molecule has 1 spiro atoms. The van der Waals surface area contributed by atoms with E-state index in [4.69, 9.17) is 9.26 Å². The molecule has 2 fully saturated rings. The molecule has 0 aromatic carbocycles. The lowest BCUT2D eigenvalue weighted by Gasteiger charge is -2.42. The maximum absolute atomic E-state index is 12.5. The van der Waals surface area contributed by atoms with E-state index in [0.29, 0.717) is 38.5 Å². The molecular weight excluding hydrogens is 346 g/mol. The highest BCUT2D eigenvalue weighted by atomic mass is 32.2. The summed E-state index contributed by atoms with van der Waals surface area (Å²) >= 11 is 0. The number of likely N-dealkylation sites (tertiary alicyclic amines) is 1. The molecule has 1 unspecified atom stereocenters. The Kier molecular flexibility index (Phi) is 4.91. The maximum Gasteiger partial charge on any atom is 0.292 e. The minimum atomic E-state index is -3.23. The molecule has 0 saturated carbocycles. The molecule has 140 valence electrons. The summed E-state index contributed by atoms with van der Waals surface area (Å²) in [5, 5.41) is 3.76. The van der Waals surface area contributed by atoms with Crippen LogP contribution in [0.1, 0.15) is 29.1 Å². The van der Waals surface area contributed by atoms with Crippen LogP contribution in [0.5, 0.6) is 0 Å². The van der Waals surface area contributed by atoms with Gasteiger partial charge < -0.3 is 14.2 Å². The number of piperidine rings is 1. The number of sulfonamides is 1. The predicted molar refractivity (Wildman–Crippen MR) is 90.6 cm³/mol. The number of ether oxygens (including phenoxy) is 1. The van der Waals surface area contributed by atoms with Gasteiger partial charge in [0.1, 0.15) is 0 Å². The quantitative estimate of drug-likeness (QED) is 0.775. The van der Waals surface area contributed by atoms with Crippen molar-refractivity contribution in [1.82, 2.24) is 14.4 Å². The van der Waals surface area contributed by atoms with E-state index < -0.39 is 10.0 Å². The van der Waals surface area contributed by atoms with Crippen molar-refractivity contribution >= 4 is 15.9 Å². The maximum atomic E-state index is 12.5. The number of carbonyl (C=O) groups excluding carboxylic acids is 1. The molecule has 3 heterocycles. The smallest absolute Gasteiger partial charge is 0.292 e. The highest BCUT2D eigenvalue weighted by molar-refractivity contribution is 7.88. The van der Waals surface area contributed by atoms with Crippen molar-refractivity contribution in [3.63, 3.8) is 0 Å². The van der Waals surface area contributed by atoms with Crippen LogP contribution in [0.2, 0.25) is 0 Å². The second-order valence-electron chi connectivity index (χ2n) is 7.19. The van der Waals surface area contributed by atoms with Crippen molar-refractivity contribution in [3.8, 4) is 0 Å². The zero-order chi connectivity index (χ0) is 18.2. The molecule has 2 aliphatic heterocycles. The average Bonchev–Trinajstić information content (AvgIpc) is 3.13. The number of nitrogens with zero attached hydrogens (tertiary/aromatic N) is 3. The van der Waals surface area contributed by atoms with Crippen LogP contribution in [-0.2, 0) is 14.8 Å². The topological polar surface area (TPSA) is 93.0 Å². The summed E-state index contributed by atoms with van der Waals surface area (Å²) in [4.78, 5) is 14.3. The summed E-state index contributed by atoms with van der Waals surface area (Å²) in [5.74, 6) is 0.250. The third kappa shape index (κ3) is 3.58. The molecule has 0 aliphatic carbocycles. The van der Waals surface area contributed by atoms with Crippen molar-refractivity contribution < 1.29 is 22.5 Å². The molecule has 25 heavy (non-hydrogen) atoms. The summed E-state index contributed by atoms with van der Waals surface area (Å²) < 4.78 is 35.9. The lowest BCUT2D eigenvalue weighted by atomic mass is 9.71. The molecule has 1 aromatic heterocycles. The highest BCUT2D eigenvalue weighted by Gasteiger charge is 2.50. The normalized spacial score (nSPS) is 24.1. The van der Waals surface area contributed by atoms with Crippen LogP contribution >= 0.6 is 0 Å². The SMILES string of the molecule is COCC1CN(S(C)(=O)=O)CC12CCN(C(=O)c1cc(C)no1)CC2. The Morgan fingerprint density at radius 3 is 2.64 bits per heavy atom. The first-order valence-corrected chi connectivity index (χ1v) is 10.3. The van der Waals surface area contributed by atoms with E-state index in [-0.39, 0.29) is 23.0 Å². The van der Waals surface area contributed by atoms with Crippen LogP contribution in [-0.4, -0.2) is 74.8 Å². The van der Waals surface area contributed by atoms with Gasteiger partial charge in [-0.3, -0.25) is 4.79 Å². The van der Waals surface area contributed by atoms with E-state index in [1.54, 1.807) is 29.3 Å². The van der Waals surface area contributed by atoms with Crippen molar-refractivity contribution in [2.24, 2.45) is 11.3 Å². The van der Waals surface area contributed by atoms with Crippen LogP contribution < -0.4 is 0 Å². The first-order chi connectivity index (χ1) is 11.7. The molecule has 1 amide bonds. The van der Waals surface area contributed by atoms with Crippen LogP contribution in [0, 0.1) is 18.3 Å². The van der Waals surface area contributed by atoms with Crippen molar-refractivity contribution in [3.05, 3.63) is 17.5 Å². The Balaban J connectivity index is 1.71. The minimum absolute atomic E-state index is 0.132. The summed E-state index contributed by atoms with van der Waals surface area (Å²) in [7, 11) is -1.58. The van der Waals surface area contributed by atoms with Gasteiger partial charge in [-0.05, 0) is 25.2 Å². The summed E-state index contributed by atoms with van der Waals surface area (Å²) in [6.07, 6.45) is 2.76. The molecule has 3 rings (SSSR count). The number of rotatable bonds is 4. The molecule has 2 saturated heterocycles. The van der Waals surface area contributed by atoms with Crippen LogP contribution in [0.25, 0.3) is 0 Å². The van der Waals surface area contributed by atoms with Gasteiger partial charge in [-0.2, -0.15) is 0 Å². The summed E-state index contributed by atoms with van der Waals surface area (Å²) in [5.41, 5.74) is 0.546. The Labute approximate surface area is 148 Å². The minimum Gasteiger partial charge on any atom is -0.384 e. The third-order valence-electron chi connectivity index (χ3n) is 5.50. The van der Waals surface area contributed by atoms with Crippen LogP contribution in [0.15, 0.2) is 10.6 Å². The van der Waals surface area contributed by atoms with Gasteiger partial charge in [0.25, 0.3) is 5.91 Å². The molecule has 0 bridgehead atoms. The largest absolute Gasteiger partial charge is 0.384 e. The number of methoxy groups -OCH3 is 1. The fourth-order valence-corrected chi connectivity index (χ4v) is 4.95. The molecule has 1 aromatic rings. The van der Waals surface area contributed by atoms with E-state index in [1.165, 1.54) is 6.26 Å². The van der Waals surface area contributed by atoms with Gasteiger partial charge >= 0.3 is 0 Å². The second kappa shape index (κ2) is 6.69.